The zero-order chi connectivity index (χ0) is 20.2. The van der Waals surface area contributed by atoms with Gasteiger partial charge in [0, 0.05) is 17.8 Å². The Morgan fingerprint density at radius 2 is 1.85 bits per heavy atom. The van der Waals surface area contributed by atoms with Gasteiger partial charge in [-0.25, -0.2) is 8.42 Å². The van der Waals surface area contributed by atoms with Gasteiger partial charge in [0.25, 0.3) is 5.69 Å². The number of carbonyl (C=O) groups is 1. The third-order valence-electron chi connectivity index (χ3n) is 4.01. The summed E-state index contributed by atoms with van der Waals surface area (Å²) in [5.41, 5.74) is 1.44. The minimum atomic E-state index is -3.86. The van der Waals surface area contributed by atoms with Crippen LogP contribution >= 0.6 is 0 Å². The molecule has 2 aromatic rings. The number of benzene rings is 2. The fraction of sp³-hybridized carbons (Fsp3) is 0.278. The van der Waals surface area contributed by atoms with Crippen molar-refractivity contribution in [3.8, 4) is 0 Å². The van der Waals surface area contributed by atoms with Crippen LogP contribution in [-0.2, 0) is 21.2 Å². The summed E-state index contributed by atoms with van der Waals surface area (Å²) in [6.45, 7) is 3.44. The summed E-state index contributed by atoms with van der Waals surface area (Å²) in [7, 11) is -3.86. The Kier molecular flexibility index (Phi) is 6.17. The molecule has 1 N–H and O–H groups in total. The molecule has 0 aliphatic carbocycles. The number of rotatable bonds is 7. The lowest BCUT2D eigenvalue weighted by Gasteiger charge is -2.28. The van der Waals surface area contributed by atoms with Crippen LogP contribution in [0.15, 0.2) is 48.5 Å². The summed E-state index contributed by atoms with van der Waals surface area (Å²) in [6.07, 6.45) is 1.81. The van der Waals surface area contributed by atoms with Crippen LogP contribution in [-0.4, -0.2) is 31.5 Å². The normalized spacial score (nSPS) is 12.3. The number of amides is 1. The van der Waals surface area contributed by atoms with Gasteiger partial charge in [0.05, 0.1) is 16.9 Å². The summed E-state index contributed by atoms with van der Waals surface area (Å²) in [5.74, 6) is -0.545. The average molecular weight is 391 g/mol. The van der Waals surface area contributed by atoms with E-state index in [1.807, 2.05) is 19.1 Å². The Morgan fingerprint density at radius 3 is 2.37 bits per heavy atom. The number of carbonyl (C=O) groups excluding carboxylic acids is 1. The van der Waals surface area contributed by atoms with Gasteiger partial charge in [-0.05, 0) is 37.1 Å². The van der Waals surface area contributed by atoms with Crippen molar-refractivity contribution < 1.29 is 18.1 Å². The van der Waals surface area contributed by atoms with Gasteiger partial charge in [-0.3, -0.25) is 19.2 Å². The number of non-ortho nitro benzene ring substituents is 1. The second kappa shape index (κ2) is 8.17. The van der Waals surface area contributed by atoms with E-state index >= 15 is 0 Å². The first-order valence-electron chi connectivity index (χ1n) is 8.27. The van der Waals surface area contributed by atoms with Crippen LogP contribution in [0.4, 0.5) is 17.1 Å². The maximum atomic E-state index is 12.6. The fourth-order valence-electron chi connectivity index (χ4n) is 2.62. The minimum absolute atomic E-state index is 0.0516. The summed E-state index contributed by atoms with van der Waals surface area (Å²) in [6, 6.07) is 11.3. The summed E-state index contributed by atoms with van der Waals surface area (Å²) in [4.78, 5) is 23.0. The molecule has 0 aliphatic rings. The smallest absolute Gasteiger partial charge is 0.271 e. The summed E-state index contributed by atoms with van der Waals surface area (Å²) < 4.78 is 25.4. The molecule has 0 aromatic heterocycles. The van der Waals surface area contributed by atoms with Gasteiger partial charge in [-0.15, -0.1) is 0 Å². The average Bonchev–Trinajstić information content (AvgIpc) is 2.61. The quantitative estimate of drug-likeness (QED) is 0.576. The maximum absolute atomic E-state index is 12.6. The summed E-state index contributed by atoms with van der Waals surface area (Å²) >= 11 is 0. The van der Waals surface area contributed by atoms with Gasteiger partial charge < -0.3 is 5.32 Å². The van der Waals surface area contributed by atoms with Crippen molar-refractivity contribution in [2.75, 3.05) is 15.9 Å². The van der Waals surface area contributed by atoms with E-state index < -0.39 is 26.9 Å². The van der Waals surface area contributed by atoms with Crippen LogP contribution in [0.3, 0.4) is 0 Å². The Bertz CT molecular complexity index is 942. The van der Waals surface area contributed by atoms with E-state index in [-0.39, 0.29) is 11.4 Å². The third kappa shape index (κ3) is 5.04. The molecule has 144 valence electrons. The number of aryl methyl sites for hydroxylation is 1. The van der Waals surface area contributed by atoms with Crippen molar-refractivity contribution in [3.63, 3.8) is 0 Å². The zero-order valence-corrected chi connectivity index (χ0v) is 16.1. The zero-order valence-electron chi connectivity index (χ0n) is 15.2. The van der Waals surface area contributed by atoms with Crippen molar-refractivity contribution in [1.29, 1.82) is 0 Å². The molecule has 27 heavy (non-hydrogen) atoms. The molecule has 0 spiro atoms. The number of anilines is 2. The van der Waals surface area contributed by atoms with Crippen LogP contribution in [0.5, 0.6) is 0 Å². The number of hydrogen-bond acceptors (Lipinski definition) is 5. The van der Waals surface area contributed by atoms with E-state index in [0.717, 1.165) is 28.6 Å². The van der Waals surface area contributed by atoms with Gasteiger partial charge in [-0.2, -0.15) is 0 Å². The molecule has 1 amide bonds. The van der Waals surface area contributed by atoms with E-state index in [2.05, 4.69) is 5.32 Å². The number of nitrogens with one attached hydrogen (secondary N) is 1. The van der Waals surface area contributed by atoms with Crippen LogP contribution in [0.25, 0.3) is 0 Å². The Morgan fingerprint density at radius 1 is 1.22 bits per heavy atom. The molecule has 0 aliphatic heterocycles. The molecule has 2 aromatic carbocycles. The van der Waals surface area contributed by atoms with Crippen LogP contribution in [0.2, 0.25) is 0 Å². The van der Waals surface area contributed by atoms with Gasteiger partial charge in [0.1, 0.15) is 6.04 Å². The van der Waals surface area contributed by atoms with Gasteiger partial charge in [0.15, 0.2) is 0 Å². The van der Waals surface area contributed by atoms with Crippen molar-refractivity contribution in [1.82, 2.24) is 0 Å². The SMILES string of the molecule is CCc1ccc(NC(=O)[C@H](C)N(c2cccc([N+](=O)[O-])c2)S(C)(=O)=O)cc1. The van der Waals surface area contributed by atoms with Crippen LogP contribution < -0.4 is 9.62 Å². The van der Waals surface area contributed by atoms with E-state index in [1.54, 1.807) is 12.1 Å². The molecule has 0 radical (unpaired) electrons. The van der Waals surface area contributed by atoms with Gasteiger partial charge in [-0.1, -0.05) is 25.1 Å². The second-order valence-electron chi connectivity index (χ2n) is 6.05. The lowest BCUT2D eigenvalue weighted by molar-refractivity contribution is -0.384. The molecule has 0 saturated heterocycles. The predicted octanol–water partition coefficient (Wildman–Crippen LogP) is 2.95. The van der Waals surface area contributed by atoms with E-state index in [4.69, 9.17) is 0 Å². The van der Waals surface area contributed by atoms with Crippen molar-refractivity contribution >= 4 is 33.0 Å². The van der Waals surface area contributed by atoms with Crippen molar-refractivity contribution in [2.45, 2.75) is 26.3 Å². The minimum Gasteiger partial charge on any atom is -0.324 e. The fourth-order valence-corrected chi connectivity index (χ4v) is 3.79. The molecule has 9 heteroatoms. The Labute approximate surface area is 158 Å². The molecule has 1 atom stereocenters. The van der Waals surface area contributed by atoms with Crippen LogP contribution in [0, 0.1) is 10.1 Å². The number of nitro groups is 1. The number of nitrogens with zero attached hydrogens (tertiary/aromatic N) is 2. The topological polar surface area (TPSA) is 110 Å². The Balaban J connectivity index is 2.31. The molecule has 8 nitrogen and oxygen atoms in total. The molecular weight excluding hydrogens is 370 g/mol. The number of hydrogen-bond donors (Lipinski definition) is 1. The highest BCUT2D eigenvalue weighted by Crippen LogP contribution is 2.25. The maximum Gasteiger partial charge on any atom is 0.271 e. The van der Waals surface area contributed by atoms with E-state index in [1.165, 1.54) is 25.1 Å². The lowest BCUT2D eigenvalue weighted by atomic mass is 10.1. The van der Waals surface area contributed by atoms with Gasteiger partial charge in [0.2, 0.25) is 15.9 Å². The highest BCUT2D eigenvalue weighted by molar-refractivity contribution is 7.92. The second-order valence-corrected chi connectivity index (χ2v) is 7.91. The monoisotopic (exact) mass is 391 g/mol. The highest BCUT2D eigenvalue weighted by Gasteiger charge is 2.30. The van der Waals surface area contributed by atoms with Gasteiger partial charge >= 0.3 is 0 Å². The predicted molar refractivity (Wildman–Crippen MR) is 104 cm³/mol. The summed E-state index contributed by atoms with van der Waals surface area (Å²) in [5, 5.41) is 13.7. The molecule has 0 bridgehead atoms. The standard InChI is InChI=1S/C18H21N3O5S/c1-4-14-8-10-15(11-9-14)19-18(22)13(2)20(27(3,25)26)16-6-5-7-17(12-16)21(23)24/h5-13H,4H2,1-3H3,(H,19,22)/t13-/m0/s1. The molecule has 0 fully saturated rings. The first-order chi connectivity index (χ1) is 12.6. The van der Waals surface area contributed by atoms with Crippen molar-refractivity contribution in [2.24, 2.45) is 0 Å². The van der Waals surface area contributed by atoms with E-state index in [9.17, 15) is 23.3 Å². The molecule has 0 unspecified atom stereocenters. The van der Waals surface area contributed by atoms with Crippen LogP contribution in [0.1, 0.15) is 19.4 Å². The highest BCUT2D eigenvalue weighted by atomic mass is 32.2. The molecular formula is C18H21N3O5S. The van der Waals surface area contributed by atoms with Crippen molar-refractivity contribution in [3.05, 3.63) is 64.2 Å². The first kappa shape index (κ1) is 20.4. The Hall–Kier alpha value is -2.94. The lowest BCUT2D eigenvalue weighted by Crippen LogP contribution is -2.45. The third-order valence-corrected chi connectivity index (χ3v) is 5.25. The largest absolute Gasteiger partial charge is 0.324 e. The number of sulfonamides is 1. The molecule has 0 heterocycles. The number of nitro benzene ring substituents is 1. The molecule has 2 rings (SSSR count). The molecule has 0 saturated carbocycles. The first-order valence-corrected chi connectivity index (χ1v) is 10.1. The van der Waals surface area contributed by atoms with E-state index in [0.29, 0.717) is 5.69 Å².